The fourth-order valence-electron chi connectivity index (χ4n) is 1.99. The molecule has 3 aromatic heterocycles. The summed E-state index contributed by atoms with van der Waals surface area (Å²) < 4.78 is 1.74. The molecule has 0 aliphatic rings. The van der Waals surface area contributed by atoms with Gasteiger partial charge in [-0.25, -0.2) is 14.5 Å². The highest BCUT2D eigenvalue weighted by molar-refractivity contribution is 5.52. The zero-order valence-electron chi connectivity index (χ0n) is 15.4. The molecule has 0 aliphatic heterocycles. The SMILES string of the molecule is CCC.Cc1cnc(N)cc1C#Cc1cnc2ccc(N(C)C)nn12. The molecule has 0 aromatic carbocycles. The van der Waals surface area contributed by atoms with E-state index in [0.29, 0.717) is 5.82 Å². The van der Waals surface area contributed by atoms with Gasteiger partial charge in [0.15, 0.2) is 5.65 Å². The van der Waals surface area contributed by atoms with Crippen molar-refractivity contribution in [1.29, 1.82) is 0 Å². The molecule has 0 radical (unpaired) electrons. The first kappa shape index (κ1) is 18.3. The van der Waals surface area contributed by atoms with E-state index in [4.69, 9.17) is 5.73 Å². The van der Waals surface area contributed by atoms with Crippen LogP contribution in [0.5, 0.6) is 0 Å². The first-order chi connectivity index (χ1) is 12.0. The minimum atomic E-state index is 0.459. The summed E-state index contributed by atoms with van der Waals surface area (Å²) in [5, 5.41) is 4.53. The average molecular weight is 336 g/mol. The summed E-state index contributed by atoms with van der Waals surface area (Å²) in [6.45, 7) is 6.20. The van der Waals surface area contributed by atoms with Crippen LogP contribution >= 0.6 is 0 Å². The van der Waals surface area contributed by atoms with Crippen LogP contribution in [-0.2, 0) is 0 Å². The van der Waals surface area contributed by atoms with Gasteiger partial charge in [-0.3, -0.25) is 0 Å². The van der Waals surface area contributed by atoms with E-state index in [-0.39, 0.29) is 0 Å². The maximum Gasteiger partial charge on any atom is 0.155 e. The minimum Gasteiger partial charge on any atom is -0.384 e. The van der Waals surface area contributed by atoms with Gasteiger partial charge in [0.2, 0.25) is 0 Å². The number of hydrogen-bond acceptors (Lipinski definition) is 5. The summed E-state index contributed by atoms with van der Waals surface area (Å²) in [6, 6.07) is 5.61. The van der Waals surface area contributed by atoms with E-state index in [2.05, 4.69) is 40.8 Å². The van der Waals surface area contributed by atoms with Crippen molar-refractivity contribution in [3.8, 4) is 11.8 Å². The molecule has 0 amide bonds. The number of nitrogens with zero attached hydrogens (tertiary/aromatic N) is 5. The van der Waals surface area contributed by atoms with Crippen molar-refractivity contribution in [3.05, 3.63) is 47.4 Å². The van der Waals surface area contributed by atoms with Crippen LogP contribution in [0.2, 0.25) is 0 Å². The highest BCUT2D eigenvalue weighted by atomic mass is 15.3. The fourth-order valence-corrected chi connectivity index (χ4v) is 1.99. The number of nitrogen functional groups attached to an aromatic ring is 1. The number of imidazole rings is 1. The molecule has 25 heavy (non-hydrogen) atoms. The Morgan fingerprint density at radius 1 is 1.12 bits per heavy atom. The molecular formula is C19H24N6. The molecule has 0 aliphatic carbocycles. The first-order valence-electron chi connectivity index (χ1n) is 8.22. The quantitative estimate of drug-likeness (QED) is 0.692. The Hall–Kier alpha value is -3.07. The van der Waals surface area contributed by atoms with Gasteiger partial charge < -0.3 is 10.6 Å². The molecule has 0 bridgehead atoms. The smallest absolute Gasteiger partial charge is 0.155 e. The Kier molecular flexibility index (Phi) is 5.96. The largest absolute Gasteiger partial charge is 0.384 e. The number of aromatic nitrogens is 4. The van der Waals surface area contributed by atoms with Crippen molar-refractivity contribution in [3.63, 3.8) is 0 Å². The number of nitrogens with two attached hydrogens (primary N) is 1. The van der Waals surface area contributed by atoms with Crippen LogP contribution in [0.3, 0.4) is 0 Å². The van der Waals surface area contributed by atoms with E-state index in [1.165, 1.54) is 6.42 Å². The molecule has 3 aromatic rings. The summed E-state index contributed by atoms with van der Waals surface area (Å²) in [6.07, 6.45) is 4.69. The Bertz CT molecular complexity index is 915. The lowest BCUT2D eigenvalue weighted by Gasteiger charge is -2.10. The van der Waals surface area contributed by atoms with Gasteiger partial charge in [0.1, 0.15) is 17.3 Å². The van der Waals surface area contributed by atoms with E-state index in [1.54, 1.807) is 23.0 Å². The van der Waals surface area contributed by atoms with Gasteiger partial charge in [-0.15, -0.1) is 5.10 Å². The van der Waals surface area contributed by atoms with Crippen molar-refractivity contribution in [2.75, 3.05) is 24.7 Å². The van der Waals surface area contributed by atoms with Crippen LogP contribution in [0, 0.1) is 18.8 Å². The Balaban J connectivity index is 0.000000701. The molecule has 0 fully saturated rings. The molecule has 0 saturated carbocycles. The third-order valence-corrected chi connectivity index (χ3v) is 3.26. The third-order valence-electron chi connectivity index (χ3n) is 3.26. The number of hydrogen-bond donors (Lipinski definition) is 1. The Morgan fingerprint density at radius 3 is 2.52 bits per heavy atom. The van der Waals surface area contributed by atoms with E-state index >= 15 is 0 Å². The van der Waals surface area contributed by atoms with Crippen LogP contribution in [0.4, 0.5) is 11.6 Å². The normalized spacial score (nSPS) is 9.80. The molecule has 0 spiro atoms. The van der Waals surface area contributed by atoms with Gasteiger partial charge in [-0.2, -0.15) is 0 Å². The Labute approximate surface area is 148 Å². The molecule has 3 heterocycles. The fraction of sp³-hybridized carbons (Fsp3) is 0.316. The van der Waals surface area contributed by atoms with Gasteiger partial charge in [0.05, 0.1) is 6.20 Å². The molecule has 3 rings (SSSR count). The molecule has 0 atom stereocenters. The van der Waals surface area contributed by atoms with Crippen molar-refractivity contribution >= 4 is 17.3 Å². The molecule has 6 heteroatoms. The summed E-state index contributed by atoms with van der Waals surface area (Å²) in [5.74, 6) is 7.52. The molecule has 6 nitrogen and oxygen atoms in total. The van der Waals surface area contributed by atoms with Gasteiger partial charge in [0, 0.05) is 25.9 Å². The first-order valence-corrected chi connectivity index (χ1v) is 8.22. The van der Waals surface area contributed by atoms with Gasteiger partial charge in [-0.1, -0.05) is 26.2 Å². The number of rotatable bonds is 1. The van der Waals surface area contributed by atoms with Crippen LogP contribution < -0.4 is 10.6 Å². The topological polar surface area (TPSA) is 72.3 Å². The van der Waals surface area contributed by atoms with Crippen molar-refractivity contribution in [1.82, 2.24) is 19.6 Å². The number of fused-ring (bicyclic) bond motifs is 1. The minimum absolute atomic E-state index is 0.459. The predicted molar refractivity (Wildman–Crippen MR) is 103 cm³/mol. The van der Waals surface area contributed by atoms with E-state index in [0.717, 1.165) is 28.3 Å². The lowest BCUT2D eigenvalue weighted by atomic mass is 10.1. The predicted octanol–water partition coefficient (Wildman–Crippen LogP) is 2.90. The Morgan fingerprint density at radius 2 is 1.84 bits per heavy atom. The van der Waals surface area contributed by atoms with Crippen LogP contribution in [0.1, 0.15) is 37.1 Å². The third kappa shape index (κ3) is 4.48. The van der Waals surface area contributed by atoms with Crippen molar-refractivity contribution < 1.29 is 0 Å². The van der Waals surface area contributed by atoms with Crippen LogP contribution in [-0.4, -0.2) is 33.7 Å². The maximum atomic E-state index is 5.71. The second-order valence-electron chi connectivity index (χ2n) is 5.88. The van der Waals surface area contributed by atoms with Crippen LogP contribution in [0.15, 0.2) is 30.6 Å². The second kappa shape index (κ2) is 8.15. The molecule has 130 valence electrons. The van der Waals surface area contributed by atoms with Crippen LogP contribution in [0.25, 0.3) is 5.65 Å². The lowest BCUT2D eigenvalue weighted by molar-refractivity contribution is 0.892. The summed E-state index contributed by atoms with van der Waals surface area (Å²) in [7, 11) is 3.89. The zero-order chi connectivity index (χ0) is 18.4. The average Bonchev–Trinajstić information content (AvgIpc) is 2.98. The number of pyridine rings is 1. The van der Waals surface area contributed by atoms with E-state index < -0.39 is 0 Å². The molecule has 0 unspecified atom stereocenters. The highest BCUT2D eigenvalue weighted by Crippen LogP contribution is 2.11. The number of aryl methyl sites for hydroxylation is 1. The summed E-state index contributed by atoms with van der Waals surface area (Å²) in [4.78, 5) is 10.3. The standard InChI is InChI=1S/C16H16N6.C3H8/c1-11-9-18-14(17)8-12(11)4-5-13-10-19-15-6-7-16(21(2)3)20-22(13)15;1-3-2/h6-10H,1-3H3,(H2,17,18);3H2,1-2H3. The number of anilines is 2. The van der Waals surface area contributed by atoms with Crippen molar-refractivity contribution in [2.24, 2.45) is 0 Å². The van der Waals surface area contributed by atoms with Crippen molar-refractivity contribution in [2.45, 2.75) is 27.2 Å². The lowest BCUT2D eigenvalue weighted by Crippen LogP contribution is -2.12. The van der Waals surface area contributed by atoms with Gasteiger partial charge in [-0.05, 0) is 36.6 Å². The maximum absolute atomic E-state index is 5.71. The zero-order valence-corrected chi connectivity index (χ0v) is 15.4. The van der Waals surface area contributed by atoms with E-state index in [1.807, 2.05) is 38.1 Å². The molecular weight excluding hydrogens is 312 g/mol. The second-order valence-corrected chi connectivity index (χ2v) is 5.88. The van der Waals surface area contributed by atoms with Gasteiger partial charge in [0.25, 0.3) is 0 Å². The highest BCUT2D eigenvalue weighted by Gasteiger charge is 2.05. The molecule has 0 saturated heterocycles. The molecule has 2 N–H and O–H groups in total. The summed E-state index contributed by atoms with van der Waals surface area (Å²) >= 11 is 0. The monoisotopic (exact) mass is 336 g/mol. The summed E-state index contributed by atoms with van der Waals surface area (Å²) in [5.41, 5.74) is 9.04. The van der Waals surface area contributed by atoms with E-state index in [9.17, 15) is 0 Å². The van der Waals surface area contributed by atoms with Gasteiger partial charge >= 0.3 is 0 Å².